The zero-order valence-electron chi connectivity index (χ0n) is 11.4. The second kappa shape index (κ2) is 6.57. The second-order valence-corrected chi connectivity index (χ2v) is 5.60. The van der Waals surface area contributed by atoms with E-state index in [1.54, 1.807) is 18.2 Å². The maximum atomic E-state index is 14.0. The summed E-state index contributed by atoms with van der Waals surface area (Å²) in [5.74, 6) is -0.346. The lowest BCUT2D eigenvalue weighted by atomic mass is 9.95. The highest BCUT2D eigenvalue weighted by Gasteiger charge is 2.16. The van der Waals surface area contributed by atoms with Gasteiger partial charge >= 0.3 is 0 Å². The molecule has 0 bridgehead atoms. The van der Waals surface area contributed by atoms with Crippen LogP contribution in [0.15, 0.2) is 36.4 Å². The van der Waals surface area contributed by atoms with Crippen LogP contribution in [0.25, 0.3) is 0 Å². The molecule has 1 nitrogen and oxygen atoms in total. The highest BCUT2D eigenvalue weighted by molar-refractivity contribution is 6.31. The van der Waals surface area contributed by atoms with Crippen molar-refractivity contribution < 1.29 is 4.39 Å². The van der Waals surface area contributed by atoms with Crippen molar-refractivity contribution in [3.8, 4) is 0 Å². The lowest BCUT2D eigenvalue weighted by Gasteiger charge is -2.19. The molecule has 0 aliphatic rings. The first kappa shape index (κ1) is 15.3. The molecule has 0 aliphatic carbocycles. The predicted molar refractivity (Wildman–Crippen MR) is 83.1 cm³/mol. The van der Waals surface area contributed by atoms with Gasteiger partial charge in [-0.3, -0.25) is 0 Å². The summed E-state index contributed by atoms with van der Waals surface area (Å²) in [5.41, 5.74) is 2.79. The highest BCUT2D eigenvalue weighted by Crippen LogP contribution is 2.27. The molecule has 1 N–H and O–H groups in total. The molecule has 0 spiro atoms. The van der Waals surface area contributed by atoms with E-state index in [2.05, 4.69) is 5.32 Å². The standard InChI is InChI=1S/C16H16Cl2FN/c1-10-8-12(17)6-7-13(10)15(20-2)9-11-4-3-5-14(18)16(11)19/h3-8,15,20H,9H2,1-2H3. The molecule has 20 heavy (non-hydrogen) atoms. The summed E-state index contributed by atoms with van der Waals surface area (Å²) >= 11 is 11.8. The van der Waals surface area contributed by atoms with E-state index in [0.717, 1.165) is 11.1 Å². The Morgan fingerprint density at radius 2 is 1.95 bits per heavy atom. The van der Waals surface area contributed by atoms with E-state index < -0.39 is 0 Å². The molecule has 4 heteroatoms. The van der Waals surface area contributed by atoms with Crippen LogP contribution < -0.4 is 5.32 Å². The van der Waals surface area contributed by atoms with Crippen LogP contribution in [0, 0.1) is 12.7 Å². The normalized spacial score (nSPS) is 12.4. The van der Waals surface area contributed by atoms with Crippen molar-refractivity contribution in [1.82, 2.24) is 5.32 Å². The van der Waals surface area contributed by atoms with Crippen LogP contribution >= 0.6 is 23.2 Å². The van der Waals surface area contributed by atoms with Crippen molar-refractivity contribution >= 4 is 23.2 Å². The van der Waals surface area contributed by atoms with E-state index in [0.29, 0.717) is 17.0 Å². The van der Waals surface area contributed by atoms with E-state index in [9.17, 15) is 4.39 Å². The fraction of sp³-hybridized carbons (Fsp3) is 0.250. The summed E-state index contributed by atoms with van der Waals surface area (Å²) in [6, 6.07) is 10.8. The van der Waals surface area contributed by atoms with Crippen molar-refractivity contribution in [1.29, 1.82) is 0 Å². The minimum absolute atomic E-state index is 0.0141. The molecule has 0 amide bonds. The van der Waals surface area contributed by atoms with Crippen LogP contribution in [-0.2, 0) is 6.42 Å². The van der Waals surface area contributed by atoms with Crippen LogP contribution in [0.2, 0.25) is 10.0 Å². The molecule has 2 aromatic rings. The average Bonchev–Trinajstić information content (AvgIpc) is 2.41. The van der Waals surface area contributed by atoms with E-state index >= 15 is 0 Å². The van der Waals surface area contributed by atoms with Crippen LogP contribution in [0.4, 0.5) is 4.39 Å². The summed E-state index contributed by atoms with van der Waals surface area (Å²) in [4.78, 5) is 0. The number of hydrogen-bond acceptors (Lipinski definition) is 1. The summed E-state index contributed by atoms with van der Waals surface area (Å²) in [7, 11) is 1.86. The lowest BCUT2D eigenvalue weighted by Crippen LogP contribution is -2.20. The number of likely N-dealkylation sites (N-methyl/N-ethyl adjacent to an activating group) is 1. The number of hydrogen-bond donors (Lipinski definition) is 1. The topological polar surface area (TPSA) is 12.0 Å². The number of halogens is 3. The summed E-state index contributed by atoms with van der Waals surface area (Å²) in [6.45, 7) is 2.00. The van der Waals surface area contributed by atoms with Crippen molar-refractivity contribution in [2.24, 2.45) is 0 Å². The van der Waals surface area contributed by atoms with Crippen molar-refractivity contribution in [3.05, 3.63) is 69.0 Å². The van der Waals surface area contributed by atoms with E-state index in [-0.39, 0.29) is 16.9 Å². The first-order chi connectivity index (χ1) is 9.52. The van der Waals surface area contributed by atoms with Gasteiger partial charge in [-0.2, -0.15) is 0 Å². The van der Waals surface area contributed by atoms with Gasteiger partial charge in [0.15, 0.2) is 0 Å². The Labute approximate surface area is 128 Å². The molecule has 1 unspecified atom stereocenters. The molecular formula is C16H16Cl2FN. The van der Waals surface area contributed by atoms with Crippen LogP contribution in [0.3, 0.4) is 0 Å². The molecule has 2 aromatic carbocycles. The molecule has 1 atom stereocenters. The Hall–Kier alpha value is -1.09. The van der Waals surface area contributed by atoms with Gasteiger partial charge in [0.1, 0.15) is 5.82 Å². The average molecular weight is 312 g/mol. The van der Waals surface area contributed by atoms with E-state index in [1.807, 2.05) is 32.2 Å². The maximum Gasteiger partial charge on any atom is 0.145 e. The zero-order chi connectivity index (χ0) is 14.7. The Morgan fingerprint density at radius 1 is 1.20 bits per heavy atom. The molecular weight excluding hydrogens is 296 g/mol. The van der Waals surface area contributed by atoms with Gasteiger partial charge < -0.3 is 5.32 Å². The molecule has 2 rings (SSSR count). The smallest absolute Gasteiger partial charge is 0.145 e. The van der Waals surface area contributed by atoms with Gasteiger partial charge in [-0.05, 0) is 55.3 Å². The van der Waals surface area contributed by atoms with Gasteiger partial charge in [0.25, 0.3) is 0 Å². The fourth-order valence-electron chi connectivity index (χ4n) is 2.32. The SMILES string of the molecule is CNC(Cc1cccc(Cl)c1F)c1ccc(Cl)cc1C. The molecule has 0 radical (unpaired) electrons. The van der Waals surface area contributed by atoms with Gasteiger partial charge in [-0.1, -0.05) is 41.4 Å². The quantitative estimate of drug-likeness (QED) is 0.843. The second-order valence-electron chi connectivity index (χ2n) is 4.76. The molecule has 0 heterocycles. The summed E-state index contributed by atoms with van der Waals surface area (Å²) in [6.07, 6.45) is 0.533. The summed E-state index contributed by atoms with van der Waals surface area (Å²) in [5, 5.41) is 4.08. The lowest BCUT2D eigenvalue weighted by molar-refractivity contribution is 0.553. The van der Waals surface area contributed by atoms with Crippen molar-refractivity contribution in [2.75, 3.05) is 7.05 Å². The largest absolute Gasteiger partial charge is 0.313 e. The molecule has 0 fully saturated rings. The van der Waals surface area contributed by atoms with Crippen molar-refractivity contribution in [3.63, 3.8) is 0 Å². The Morgan fingerprint density at radius 3 is 2.60 bits per heavy atom. The maximum absolute atomic E-state index is 14.0. The van der Waals surface area contributed by atoms with Gasteiger partial charge in [0.2, 0.25) is 0 Å². The first-order valence-electron chi connectivity index (χ1n) is 6.39. The van der Waals surface area contributed by atoms with Gasteiger partial charge in [-0.15, -0.1) is 0 Å². The molecule has 0 aliphatic heterocycles. The highest BCUT2D eigenvalue weighted by atomic mass is 35.5. The summed E-state index contributed by atoms with van der Waals surface area (Å²) < 4.78 is 14.0. The minimum atomic E-state index is -0.346. The Kier molecular flexibility index (Phi) is 5.03. The first-order valence-corrected chi connectivity index (χ1v) is 7.14. The fourth-order valence-corrected chi connectivity index (χ4v) is 2.74. The van der Waals surface area contributed by atoms with Gasteiger partial charge in [-0.25, -0.2) is 4.39 Å². The molecule has 106 valence electrons. The molecule has 0 aromatic heterocycles. The van der Waals surface area contributed by atoms with E-state index in [1.165, 1.54) is 0 Å². The third-order valence-electron chi connectivity index (χ3n) is 3.41. The van der Waals surface area contributed by atoms with Crippen LogP contribution in [0.5, 0.6) is 0 Å². The van der Waals surface area contributed by atoms with Crippen LogP contribution in [-0.4, -0.2) is 7.05 Å². The third kappa shape index (κ3) is 3.32. The number of aryl methyl sites for hydroxylation is 1. The molecule has 0 saturated carbocycles. The zero-order valence-corrected chi connectivity index (χ0v) is 12.9. The third-order valence-corrected chi connectivity index (χ3v) is 3.94. The van der Waals surface area contributed by atoms with E-state index in [4.69, 9.17) is 23.2 Å². The Bertz CT molecular complexity index is 613. The monoisotopic (exact) mass is 311 g/mol. The van der Waals surface area contributed by atoms with Gasteiger partial charge in [0.05, 0.1) is 5.02 Å². The minimum Gasteiger partial charge on any atom is -0.313 e. The number of nitrogens with one attached hydrogen (secondary N) is 1. The number of rotatable bonds is 4. The molecule has 0 saturated heterocycles. The number of benzene rings is 2. The Balaban J connectivity index is 2.31. The van der Waals surface area contributed by atoms with Gasteiger partial charge in [0, 0.05) is 11.1 Å². The van der Waals surface area contributed by atoms with Crippen molar-refractivity contribution in [2.45, 2.75) is 19.4 Å². The van der Waals surface area contributed by atoms with Crippen LogP contribution in [0.1, 0.15) is 22.7 Å². The predicted octanol–water partition coefficient (Wildman–Crippen LogP) is 4.94.